The van der Waals surface area contributed by atoms with Crippen LogP contribution in [0, 0.1) is 0 Å². The van der Waals surface area contributed by atoms with Gasteiger partial charge >= 0.3 is 0 Å². The number of anilines is 1. The van der Waals surface area contributed by atoms with Gasteiger partial charge in [-0.1, -0.05) is 36.4 Å². The number of hydrogen-bond donors (Lipinski definition) is 1. The first kappa shape index (κ1) is 11.9. The maximum Gasteiger partial charge on any atom is 0.0422 e. The van der Waals surface area contributed by atoms with E-state index in [0.29, 0.717) is 6.04 Å². The zero-order valence-electron chi connectivity index (χ0n) is 10.8. The van der Waals surface area contributed by atoms with Gasteiger partial charge in [0.05, 0.1) is 0 Å². The van der Waals surface area contributed by atoms with Gasteiger partial charge in [0.2, 0.25) is 0 Å². The molecule has 0 bridgehead atoms. The molecule has 0 aliphatic carbocycles. The molecular formula is C15H20N2. The minimum absolute atomic E-state index is 0.441. The predicted octanol–water partition coefficient (Wildman–Crippen LogP) is 3.20. The molecule has 0 fully saturated rings. The third kappa shape index (κ3) is 2.98. The Morgan fingerprint density at radius 3 is 2.53 bits per heavy atom. The molecule has 0 saturated carbocycles. The number of likely N-dealkylation sites (N-methyl/N-ethyl adjacent to an activating group) is 1. The summed E-state index contributed by atoms with van der Waals surface area (Å²) >= 11 is 0. The minimum atomic E-state index is 0.441. The third-order valence-corrected chi connectivity index (χ3v) is 2.83. The lowest BCUT2D eigenvalue weighted by Crippen LogP contribution is -2.29. The Kier molecular flexibility index (Phi) is 3.64. The predicted molar refractivity (Wildman–Crippen MR) is 75.6 cm³/mol. The van der Waals surface area contributed by atoms with Crippen molar-refractivity contribution in [3.8, 4) is 0 Å². The van der Waals surface area contributed by atoms with E-state index >= 15 is 0 Å². The quantitative estimate of drug-likeness (QED) is 0.864. The normalized spacial score (nSPS) is 12.9. The van der Waals surface area contributed by atoms with Crippen LogP contribution < -0.4 is 5.32 Å². The smallest absolute Gasteiger partial charge is 0.0422 e. The second-order valence-electron chi connectivity index (χ2n) is 4.83. The molecule has 1 N–H and O–H groups in total. The highest BCUT2D eigenvalue weighted by Crippen LogP contribution is 2.23. The van der Waals surface area contributed by atoms with E-state index in [1.165, 1.54) is 16.5 Å². The van der Waals surface area contributed by atoms with Crippen molar-refractivity contribution in [2.24, 2.45) is 0 Å². The number of hydrogen-bond acceptors (Lipinski definition) is 2. The number of nitrogens with one attached hydrogen (secondary N) is 1. The molecule has 2 aromatic rings. The van der Waals surface area contributed by atoms with Crippen LogP contribution in [0.4, 0.5) is 5.69 Å². The SMILES string of the molecule is C[C@H](CN(C)C)Nc1cccc2ccccc12. The van der Waals surface area contributed by atoms with Gasteiger partial charge in [-0.05, 0) is 32.5 Å². The highest BCUT2D eigenvalue weighted by atomic mass is 15.1. The summed E-state index contributed by atoms with van der Waals surface area (Å²) < 4.78 is 0. The summed E-state index contributed by atoms with van der Waals surface area (Å²) in [7, 11) is 4.20. The van der Waals surface area contributed by atoms with Crippen LogP contribution in [0.25, 0.3) is 10.8 Å². The first-order valence-electron chi connectivity index (χ1n) is 6.06. The van der Waals surface area contributed by atoms with Crippen LogP contribution in [-0.2, 0) is 0 Å². The Bertz CT molecular complexity index is 486. The lowest BCUT2D eigenvalue weighted by molar-refractivity contribution is 0.392. The lowest BCUT2D eigenvalue weighted by atomic mass is 10.1. The van der Waals surface area contributed by atoms with Crippen molar-refractivity contribution in [3.05, 3.63) is 42.5 Å². The maximum atomic E-state index is 3.57. The maximum absolute atomic E-state index is 3.57. The van der Waals surface area contributed by atoms with Crippen molar-refractivity contribution < 1.29 is 0 Å². The van der Waals surface area contributed by atoms with Crippen molar-refractivity contribution in [1.82, 2.24) is 4.90 Å². The molecule has 2 nitrogen and oxygen atoms in total. The molecule has 0 radical (unpaired) electrons. The molecule has 0 aliphatic heterocycles. The fourth-order valence-corrected chi connectivity index (χ4v) is 2.21. The standard InChI is InChI=1S/C15H20N2/c1-12(11-17(2)3)16-15-10-6-8-13-7-4-5-9-14(13)15/h4-10,12,16H,11H2,1-3H3/t12-/m1/s1. The summed E-state index contributed by atoms with van der Waals surface area (Å²) in [5.41, 5.74) is 1.22. The van der Waals surface area contributed by atoms with Crippen LogP contribution in [0.1, 0.15) is 6.92 Å². The molecule has 0 aromatic heterocycles. The van der Waals surface area contributed by atoms with Crippen molar-refractivity contribution >= 4 is 16.5 Å². The molecule has 2 heteroatoms. The summed E-state index contributed by atoms with van der Waals surface area (Å²) in [6.07, 6.45) is 0. The van der Waals surface area contributed by atoms with E-state index in [4.69, 9.17) is 0 Å². The largest absolute Gasteiger partial charge is 0.381 e. The highest BCUT2D eigenvalue weighted by Gasteiger charge is 2.05. The number of nitrogens with zero attached hydrogens (tertiary/aromatic N) is 1. The Morgan fingerprint density at radius 1 is 1.06 bits per heavy atom. The van der Waals surface area contributed by atoms with Crippen LogP contribution >= 0.6 is 0 Å². The Morgan fingerprint density at radius 2 is 1.76 bits per heavy atom. The summed E-state index contributed by atoms with van der Waals surface area (Å²) in [5.74, 6) is 0. The average molecular weight is 228 g/mol. The fraction of sp³-hybridized carbons (Fsp3) is 0.333. The van der Waals surface area contributed by atoms with E-state index < -0.39 is 0 Å². The van der Waals surface area contributed by atoms with Gasteiger partial charge in [-0.25, -0.2) is 0 Å². The summed E-state index contributed by atoms with van der Waals surface area (Å²) in [6, 6.07) is 15.3. The fourth-order valence-electron chi connectivity index (χ4n) is 2.21. The molecular weight excluding hydrogens is 208 g/mol. The van der Waals surface area contributed by atoms with E-state index in [1.54, 1.807) is 0 Å². The second kappa shape index (κ2) is 5.19. The molecule has 1 atom stereocenters. The second-order valence-corrected chi connectivity index (χ2v) is 4.83. The van der Waals surface area contributed by atoms with E-state index in [-0.39, 0.29) is 0 Å². The van der Waals surface area contributed by atoms with Crippen LogP contribution in [0.5, 0.6) is 0 Å². The van der Waals surface area contributed by atoms with Gasteiger partial charge in [-0.15, -0.1) is 0 Å². The Balaban J connectivity index is 2.24. The van der Waals surface area contributed by atoms with Gasteiger partial charge in [0.15, 0.2) is 0 Å². The molecule has 0 spiro atoms. The zero-order valence-corrected chi connectivity index (χ0v) is 10.8. The van der Waals surface area contributed by atoms with Crippen molar-refractivity contribution in [3.63, 3.8) is 0 Å². The molecule has 0 unspecified atom stereocenters. The summed E-state index contributed by atoms with van der Waals surface area (Å²) in [6.45, 7) is 3.24. The minimum Gasteiger partial charge on any atom is -0.381 e. The third-order valence-electron chi connectivity index (χ3n) is 2.83. The van der Waals surface area contributed by atoms with Gasteiger partial charge in [0.1, 0.15) is 0 Å². The number of benzene rings is 2. The average Bonchev–Trinajstić information content (AvgIpc) is 2.28. The van der Waals surface area contributed by atoms with Crippen LogP contribution in [0.3, 0.4) is 0 Å². The summed E-state index contributed by atoms with van der Waals surface area (Å²) in [5, 5.41) is 6.15. The molecule has 17 heavy (non-hydrogen) atoms. The van der Waals surface area contributed by atoms with E-state index in [2.05, 4.69) is 73.7 Å². The van der Waals surface area contributed by atoms with E-state index in [0.717, 1.165) is 6.54 Å². The molecule has 0 amide bonds. The van der Waals surface area contributed by atoms with Crippen LogP contribution in [-0.4, -0.2) is 31.6 Å². The first-order chi connectivity index (χ1) is 8.16. The van der Waals surface area contributed by atoms with Gasteiger partial charge in [0.25, 0.3) is 0 Å². The zero-order chi connectivity index (χ0) is 12.3. The van der Waals surface area contributed by atoms with Gasteiger partial charge in [-0.3, -0.25) is 0 Å². The topological polar surface area (TPSA) is 15.3 Å². The number of rotatable bonds is 4. The van der Waals surface area contributed by atoms with Gasteiger partial charge in [-0.2, -0.15) is 0 Å². The Hall–Kier alpha value is -1.54. The van der Waals surface area contributed by atoms with Crippen LogP contribution in [0.15, 0.2) is 42.5 Å². The van der Waals surface area contributed by atoms with Crippen LogP contribution in [0.2, 0.25) is 0 Å². The first-order valence-corrected chi connectivity index (χ1v) is 6.06. The molecule has 2 aromatic carbocycles. The lowest BCUT2D eigenvalue weighted by Gasteiger charge is -2.20. The van der Waals surface area contributed by atoms with E-state index in [9.17, 15) is 0 Å². The number of fused-ring (bicyclic) bond motifs is 1. The van der Waals surface area contributed by atoms with Gasteiger partial charge in [0, 0.05) is 23.7 Å². The van der Waals surface area contributed by atoms with Gasteiger partial charge < -0.3 is 10.2 Å². The summed E-state index contributed by atoms with van der Waals surface area (Å²) in [4.78, 5) is 2.20. The van der Waals surface area contributed by atoms with Crippen molar-refractivity contribution in [2.45, 2.75) is 13.0 Å². The molecule has 0 saturated heterocycles. The molecule has 0 aliphatic rings. The highest BCUT2D eigenvalue weighted by molar-refractivity contribution is 5.93. The van der Waals surface area contributed by atoms with Crippen molar-refractivity contribution in [2.75, 3.05) is 26.0 Å². The molecule has 0 heterocycles. The van der Waals surface area contributed by atoms with Crippen molar-refractivity contribution in [1.29, 1.82) is 0 Å². The Labute approximate surface area is 103 Å². The molecule has 90 valence electrons. The van der Waals surface area contributed by atoms with E-state index in [1.807, 2.05) is 0 Å². The monoisotopic (exact) mass is 228 g/mol. The molecule has 2 rings (SSSR count).